The molecule has 0 amide bonds. The van der Waals surface area contributed by atoms with Crippen molar-refractivity contribution >= 4 is 38.4 Å². The minimum absolute atomic E-state index is 0.00903. The molecule has 2 aromatic rings. The van der Waals surface area contributed by atoms with E-state index in [4.69, 9.17) is 4.74 Å². The Morgan fingerprint density at radius 2 is 1.68 bits per heavy atom. The van der Waals surface area contributed by atoms with Crippen LogP contribution in [0.25, 0.3) is 10.9 Å². The number of alkyl halides is 3. The maximum Gasteiger partial charge on any atom is 0.423 e. The van der Waals surface area contributed by atoms with Crippen LogP contribution in [0.3, 0.4) is 0 Å². The minimum atomic E-state index is -5.01. The van der Waals surface area contributed by atoms with Crippen molar-refractivity contribution in [3.8, 4) is 0 Å². The molecule has 0 aliphatic rings. The number of hydrogen-bond donors (Lipinski definition) is 0. The lowest BCUT2D eigenvalue weighted by atomic mass is 10.0. The Bertz CT molecular complexity index is 982. The summed E-state index contributed by atoms with van der Waals surface area (Å²) in [5, 5.41) is 11.0. The Kier molecular flexibility index (Phi) is 7.18. The molecule has 0 N–H and O–H groups in total. The summed E-state index contributed by atoms with van der Waals surface area (Å²) in [5.74, 6) is 0. The van der Waals surface area contributed by atoms with Crippen molar-refractivity contribution in [3.63, 3.8) is 0 Å². The van der Waals surface area contributed by atoms with E-state index in [-0.39, 0.29) is 16.6 Å². The second-order valence-electron chi connectivity index (χ2n) is 6.36. The van der Waals surface area contributed by atoms with E-state index in [9.17, 15) is 31.7 Å². The Balaban J connectivity index is 0.00000122. The lowest BCUT2D eigenvalue weighted by Gasteiger charge is -2.24. The van der Waals surface area contributed by atoms with Gasteiger partial charge in [0, 0.05) is 18.6 Å². The first-order valence-corrected chi connectivity index (χ1v) is 11.2. The molecule has 1 aromatic heterocycles. The van der Waals surface area contributed by atoms with Gasteiger partial charge in [0.25, 0.3) is 5.69 Å². The van der Waals surface area contributed by atoms with E-state index < -0.39 is 38.0 Å². The SMILES string of the molecule is COC(C)(C)c1cc2cc([N+](=O)[O-])c(C(F)(F)F)cc2n1S(C)(=O)=O.CSC. The summed E-state index contributed by atoms with van der Waals surface area (Å²) in [7, 11) is -2.69. The molecular formula is C16H21F3N2O5S2. The Morgan fingerprint density at radius 3 is 2.04 bits per heavy atom. The fourth-order valence-corrected chi connectivity index (χ4v) is 3.62. The van der Waals surface area contributed by atoms with E-state index in [0.29, 0.717) is 10.0 Å². The van der Waals surface area contributed by atoms with Crippen molar-refractivity contribution < 1.29 is 31.2 Å². The van der Waals surface area contributed by atoms with Crippen LogP contribution in [0, 0.1) is 10.1 Å². The molecule has 0 aliphatic carbocycles. The summed E-state index contributed by atoms with van der Waals surface area (Å²) >= 11 is 1.75. The fourth-order valence-electron chi connectivity index (χ4n) is 2.48. The number of halogens is 3. The molecule has 158 valence electrons. The first kappa shape index (κ1) is 24.2. The van der Waals surface area contributed by atoms with Gasteiger partial charge in [-0.1, -0.05) is 0 Å². The minimum Gasteiger partial charge on any atom is -0.373 e. The highest BCUT2D eigenvalue weighted by Gasteiger charge is 2.40. The van der Waals surface area contributed by atoms with Crippen molar-refractivity contribution in [2.24, 2.45) is 0 Å². The molecule has 2 rings (SSSR count). The van der Waals surface area contributed by atoms with Crippen LogP contribution in [0.15, 0.2) is 18.2 Å². The number of ether oxygens (including phenoxy) is 1. The lowest BCUT2D eigenvalue weighted by Crippen LogP contribution is -2.26. The molecule has 0 spiro atoms. The molecular weight excluding hydrogens is 421 g/mol. The lowest BCUT2D eigenvalue weighted by molar-refractivity contribution is -0.387. The molecule has 0 fully saturated rings. The third kappa shape index (κ3) is 4.97. The van der Waals surface area contributed by atoms with Gasteiger partial charge in [0.1, 0.15) is 11.2 Å². The molecule has 28 heavy (non-hydrogen) atoms. The number of thioether (sulfide) groups is 1. The van der Waals surface area contributed by atoms with Crippen LogP contribution in [0.4, 0.5) is 18.9 Å². The molecule has 0 saturated carbocycles. The molecule has 7 nitrogen and oxygen atoms in total. The van der Waals surface area contributed by atoms with E-state index in [1.807, 2.05) is 12.5 Å². The largest absolute Gasteiger partial charge is 0.423 e. The number of nitro benzene ring substituents is 1. The average molecular weight is 442 g/mol. The topological polar surface area (TPSA) is 91.4 Å². The van der Waals surface area contributed by atoms with Gasteiger partial charge in [-0.25, -0.2) is 12.4 Å². The number of nitrogens with zero attached hydrogens (tertiary/aromatic N) is 2. The smallest absolute Gasteiger partial charge is 0.373 e. The van der Waals surface area contributed by atoms with Gasteiger partial charge in [0.05, 0.1) is 22.4 Å². The molecule has 1 heterocycles. The van der Waals surface area contributed by atoms with E-state index in [1.165, 1.54) is 27.0 Å². The summed E-state index contributed by atoms with van der Waals surface area (Å²) in [6.45, 7) is 3.06. The second-order valence-corrected chi connectivity index (χ2v) is 9.01. The van der Waals surface area contributed by atoms with E-state index in [2.05, 4.69) is 0 Å². The quantitative estimate of drug-likeness (QED) is 0.520. The maximum absolute atomic E-state index is 13.2. The third-order valence-corrected chi connectivity index (χ3v) is 4.89. The van der Waals surface area contributed by atoms with Crippen LogP contribution in [0.5, 0.6) is 0 Å². The molecule has 0 radical (unpaired) electrons. The number of nitro groups is 1. The van der Waals surface area contributed by atoms with Gasteiger partial charge in [0.15, 0.2) is 0 Å². The number of fused-ring (bicyclic) bond motifs is 1. The van der Waals surface area contributed by atoms with Gasteiger partial charge in [-0.05, 0) is 38.5 Å². The van der Waals surface area contributed by atoms with Crippen LogP contribution in [0.2, 0.25) is 0 Å². The molecule has 0 bridgehead atoms. The molecule has 0 atom stereocenters. The third-order valence-electron chi connectivity index (χ3n) is 3.84. The fraction of sp³-hybridized carbons (Fsp3) is 0.500. The summed E-state index contributed by atoms with van der Waals surface area (Å²) in [6.07, 6.45) is -0.101. The zero-order valence-corrected chi connectivity index (χ0v) is 17.8. The highest BCUT2D eigenvalue weighted by Crippen LogP contribution is 2.41. The highest BCUT2D eigenvalue weighted by atomic mass is 32.2. The van der Waals surface area contributed by atoms with Gasteiger partial charge in [-0.2, -0.15) is 24.9 Å². The summed E-state index contributed by atoms with van der Waals surface area (Å²) in [6, 6.07) is 2.46. The molecule has 1 aromatic carbocycles. The predicted octanol–water partition coefficient (Wildman–Crippen LogP) is 4.24. The highest BCUT2D eigenvalue weighted by molar-refractivity contribution is 7.97. The van der Waals surface area contributed by atoms with Crippen LogP contribution in [-0.4, -0.2) is 43.2 Å². The number of aromatic nitrogens is 1. The summed E-state index contributed by atoms with van der Waals surface area (Å²) in [4.78, 5) is 9.86. The first-order chi connectivity index (χ1) is 12.6. The Morgan fingerprint density at radius 1 is 1.18 bits per heavy atom. The van der Waals surface area contributed by atoms with Crippen molar-refractivity contribution in [3.05, 3.63) is 39.6 Å². The van der Waals surface area contributed by atoms with E-state index in [0.717, 1.165) is 12.3 Å². The van der Waals surface area contributed by atoms with Crippen LogP contribution >= 0.6 is 11.8 Å². The molecule has 0 aliphatic heterocycles. The van der Waals surface area contributed by atoms with E-state index >= 15 is 0 Å². The maximum atomic E-state index is 13.2. The first-order valence-electron chi connectivity index (χ1n) is 7.69. The van der Waals surface area contributed by atoms with Gasteiger partial charge in [-0.15, -0.1) is 0 Å². The Labute approximate surface area is 165 Å². The van der Waals surface area contributed by atoms with Gasteiger partial charge in [0.2, 0.25) is 10.0 Å². The van der Waals surface area contributed by atoms with Crippen molar-refractivity contribution in [1.29, 1.82) is 0 Å². The number of hydrogen-bond acceptors (Lipinski definition) is 6. The van der Waals surface area contributed by atoms with Gasteiger partial charge in [-0.3, -0.25) is 10.1 Å². The zero-order chi connectivity index (χ0) is 22.1. The molecule has 0 unspecified atom stereocenters. The molecule has 0 saturated heterocycles. The summed E-state index contributed by atoms with van der Waals surface area (Å²) < 4.78 is 69.8. The second kappa shape index (κ2) is 8.29. The molecule has 12 heteroatoms. The van der Waals surface area contributed by atoms with E-state index in [1.54, 1.807) is 11.8 Å². The van der Waals surface area contributed by atoms with Crippen molar-refractivity contribution in [2.75, 3.05) is 25.9 Å². The summed E-state index contributed by atoms with van der Waals surface area (Å²) in [5.41, 5.74) is -4.07. The average Bonchev–Trinajstić information content (AvgIpc) is 2.93. The zero-order valence-electron chi connectivity index (χ0n) is 16.1. The van der Waals surface area contributed by atoms with Crippen LogP contribution in [0.1, 0.15) is 25.1 Å². The standard InChI is InChI=1S/C14H15F3N2O5S.C2H6S/c1-13(2,24-3)12-6-8-5-11(19(20)21)9(14(15,16)17)7-10(8)18(12)25(4,22)23;1-3-2/h5-7H,1-4H3;1-2H3. The Hall–Kier alpha value is -1.79. The number of rotatable bonds is 4. The number of benzene rings is 1. The monoisotopic (exact) mass is 442 g/mol. The van der Waals surface area contributed by atoms with Crippen molar-refractivity contribution in [1.82, 2.24) is 3.97 Å². The van der Waals surface area contributed by atoms with Gasteiger partial charge >= 0.3 is 6.18 Å². The number of methoxy groups -OCH3 is 1. The van der Waals surface area contributed by atoms with Crippen LogP contribution in [-0.2, 0) is 26.5 Å². The van der Waals surface area contributed by atoms with Gasteiger partial charge < -0.3 is 4.74 Å². The van der Waals surface area contributed by atoms with Crippen LogP contribution < -0.4 is 0 Å². The van der Waals surface area contributed by atoms with Crippen molar-refractivity contribution in [2.45, 2.75) is 25.6 Å². The predicted molar refractivity (Wildman–Crippen MR) is 103 cm³/mol. The normalized spacial score (nSPS) is 12.6.